The van der Waals surface area contributed by atoms with Gasteiger partial charge in [-0.15, -0.1) is 0 Å². The number of aliphatic hydroxyl groups is 1. The van der Waals surface area contributed by atoms with Gasteiger partial charge in [-0.05, 0) is 89.9 Å². The number of hydrogen-bond donors (Lipinski definition) is 1. The zero-order valence-corrected chi connectivity index (χ0v) is 30.5. The van der Waals surface area contributed by atoms with Gasteiger partial charge in [-0.3, -0.25) is 9.59 Å². The first-order valence-electron chi connectivity index (χ1n) is 18.8. The lowest BCUT2D eigenvalue weighted by atomic mass is 10.2. The maximum atomic E-state index is 12.1. The predicted octanol–water partition coefficient (Wildman–Crippen LogP) is 11.7. The Morgan fingerprint density at radius 2 is 0.812 bits per heavy atom. The van der Waals surface area contributed by atoms with Crippen molar-refractivity contribution < 1.29 is 24.2 Å². The second-order valence-corrected chi connectivity index (χ2v) is 11.9. The van der Waals surface area contributed by atoms with Crippen LogP contribution in [0.1, 0.15) is 142 Å². The van der Waals surface area contributed by atoms with Gasteiger partial charge < -0.3 is 14.6 Å². The van der Waals surface area contributed by atoms with E-state index in [-0.39, 0.29) is 31.6 Å². The molecule has 0 aliphatic carbocycles. The van der Waals surface area contributed by atoms with Crippen molar-refractivity contribution in [1.82, 2.24) is 0 Å². The Labute approximate surface area is 294 Å². The van der Waals surface area contributed by atoms with Gasteiger partial charge in [-0.2, -0.15) is 0 Å². The van der Waals surface area contributed by atoms with E-state index < -0.39 is 6.10 Å². The minimum atomic E-state index is -0.827. The topological polar surface area (TPSA) is 72.8 Å². The van der Waals surface area contributed by atoms with Crippen LogP contribution in [0.15, 0.2) is 97.2 Å². The summed E-state index contributed by atoms with van der Waals surface area (Å²) in [5.41, 5.74) is 0. The summed E-state index contributed by atoms with van der Waals surface area (Å²) >= 11 is 0. The van der Waals surface area contributed by atoms with Crippen molar-refractivity contribution in [3.8, 4) is 0 Å². The third-order valence-corrected chi connectivity index (χ3v) is 7.35. The molecule has 0 aromatic heterocycles. The van der Waals surface area contributed by atoms with E-state index in [2.05, 4.69) is 111 Å². The number of rotatable bonds is 32. The van der Waals surface area contributed by atoms with Gasteiger partial charge in [0.2, 0.25) is 0 Å². The second-order valence-electron chi connectivity index (χ2n) is 11.9. The van der Waals surface area contributed by atoms with E-state index in [1.807, 2.05) is 0 Å². The summed E-state index contributed by atoms with van der Waals surface area (Å²) in [4.78, 5) is 24.2. The van der Waals surface area contributed by atoms with Gasteiger partial charge in [-0.1, -0.05) is 137 Å². The van der Waals surface area contributed by atoms with Crippen LogP contribution >= 0.6 is 0 Å². The number of allylic oxidation sites excluding steroid dienone is 16. The van der Waals surface area contributed by atoms with Crippen LogP contribution in [0.25, 0.3) is 0 Å². The zero-order valence-electron chi connectivity index (χ0n) is 30.5. The SMILES string of the molecule is CCCCC/C=C\C/C=C\C/C=C\C/C=C\CCCC(=O)OC[C@H](CO)OC(=O)CCC/C=C\C/C=C\C/C=C\C/C=C\CCCCC. The minimum Gasteiger partial charge on any atom is -0.462 e. The van der Waals surface area contributed by atoms with Crippen LogP contribution in [0, 0.1) is 0 Å². The Kier molecular flexibility index (Phi) is 35.7. The Balaban J connectivity index is 3.81. The highest BCUT2D eigenvalue weighted by molar-refractivity contribution is 5.70. The van der Waals surface area contributed by atoms with Crippen molar-refractivity contribution in [2.75, 3.05) is 13.2 Å². The van der Waals surface area contributed by atoms with Crippen molar-refractivity contribution >= 4 is 11.9 Å². The van der Waals surface area contributed by atoms with Crippen LogP contribution in [-0.2, 0) is 19.1 Å². The molecule has 0 aromatic rings. The Morgan fingerprint density at radius 1 is 0.479 bits per heavy atom. The molecule has 0 rings (SSSR count). The molecule has 5 heteroatoms. The van der Waals surface area contributed by atoms with Crippen LogP contribution in [0.3, 0.4) is 0 Å². The molecule has 0 saturated heterocycles. The molecule has 48 heavy (non-hydrogen) atoms. The predicted molar refractivity (Wildman–Crippen MR) is 205 cm³/mol. The average Bonchev–Trinajstić information content (AvgIpc) is 3.09. The van der Waals surface area contributed by atoms with E-state index in [4.69, 9.17) is 9.47 Å². The van der Waals surface area contributed by atoms with E-state index in [0.717, 1.165) is 51.4 Å². The fourth-order valence-corrected chi connectivity index (χ4v) is 4.48. The molecule has 0 amide bonds. The zero-order chi connectivity index (χ0) is 35.0. The number of esters is 2. The quantitative estimate of drug-likeness (QED) is 0.0440. The largest absolute Gasteiger partial charge is 0.462 e. The van der Waals surface area contributed by atoms with Crippen molar-refractivity contribution in [3.63, 3.8) is 0 Å². The summed E-state index contributed by atoms with van der Waals surface area (Å²) in [5.74, 6) is -0.734. The first kappa shape index (κ1) is 44.8. The number of aliphatic hydroxyl groups excluding tert-OH is 1. The molecular weight excluding hydrogens is 596 g/mol. The molecular formula is C43H68O5. The Hall–Kier alpha value is -3.18. The fourth-order valence-electron chi connectivity index (χ4n) is 4.48. The maximum Gasteiger partial charge on any atom is 0.306 e. The van der Waals surface area contributed by atoms with Crippen molar-refractivity contribution in [3.05, 3.63) is 97.2 Å². The molecule has 1 N–H and O–H groups in total. The highest BCUT2D eigenvalue weighted by Crippen LogP contribution is 2.06. The molecule has 0 aromatic carbocycles. The highest BCUT2D eigenvalue weighted by Gasteiger charge is 2.15. The molecule has 270 valence electrons. The second kappa shape index (κ2) is 38.3. The summed E-state index contributed by atoms with van der Waals surface area (Å²) in [7, 11) is 0. The lowest BCUT2D eigenvalue weighted by Crippen LogP contribution is -2.28. The first-order valence-corrected chi connectivity index (χ1v) is 18.8. The van der Waals surface area contributed by atoms with Gasteiger partial charge in [-0.25, -0.2) is 0 Å². The highest BCUT2D eigenvalue weighted by atomic mass is 16.6. The van der Waals surface area contributed by atoms with E-state index in [9.17, 15) is 14.7 Å². The van der Waals surface area contributed by atoms with Gasteiger partial charge in [0, 0.05) is 12.8 Å². The summed E-state index contributed by atoms with van der Waals surface area (Å²) in [5, 5.41) is 9.53. The molecule has 0 aliphatic heterocycles. The van der Waals surface area contributed by atoms with Gasteiger partial charge in [0.05, 0.1) is 6.61 Å². The third kappa shape index (κ3) is 35.7. The molecule has 0 heterocycles. The number of hydrogen-bond acceptors (Lipinski definition) is 5. The van der Waals surface area contributed by atoms with Crippen LogP contribution < -0.4 is 0 Å². The van der Waals surface area contributed by atoms with Crippen molar-refractivity contribution in [2.45, 2.75) is 148 Å². The lowest BCUT2D eigenvalue weighted by molar-refractivity contribution is -0.161. The van der Waals surface area contributed by atoms with Crippen LogP contribution in [0.4, 0.5) is 0 Å². The monoisotopic (exact) mass is 665 g/mol. The summed E-state index contributed by atoms with van der Waals surface area (Å²) < 4.78 is 10.5. The smallest absolute Gasteiger partial charge is 0.306 e. The summed E-state index contributed by atoms with van der Waals surface area (Å²) in [6.45, 7) is 3.96. The Morgan fingerprint density at radius 3 is 1.17 bits per heavy atom. The number of carbonyl (C=O) groups is 2. The molecule has 0 radical (unpaired) electrons. The van der Waals surface area contributed by atoms with Gasteiger partial charge in [0.15, 0.2) is 6.10 Å². The normalized spacial score (nSPS) is 13.3. The number of unbranched alkanes of at least 4 members (excludes halogenated alkanes) is 8. The first-order chi connectivity index (χ1) is 23.6. The molecule has 0 aliphatic rings. The third-order valence-electron chi connectivity index (χ3n) is 7.35. The molecule has 0 bridgehead atoms. The molecule has 5 nitrogen and oxygen atoms in total. The van der Waals surface area contributed by atoms with E-state index in [0.29, 0.717) is 19.3 Å². The molecule has 0 spiro atoms. The van der Waals surface area contributed by atoms with Crippen LogP contribution in [0.2, 0.25) is 0 Å². The summed E-state index contributed by atoms with van der Waals surface area (Å²) in [6, 6.07) is 0. The number of carbonyl (C=O) groups excluding carboxylic acids is 2. The van der Waals surface area contributed by atoms with Crippen molar-refractivity contribution in [1.29, 1.82) is 0 Å². The van der Waals surface area contributed by atoms with E-state index >= 15 is 0 Å². The lowest BCUT2D eigenvalue weighted by Gasteiger charge is -2.15. The van der Waals surface area contributed by atoms with Gasteiger partial charge in [0.1, 0.15) is 6.61 Å². The summed E-state index contributed by atoms with van der Waals surface area (Å²) in [6.07, 6.45) is 53.2. The average molecular weight is 665 g/mol. The number of ether oxygens (including phenoxy) is 2. The van der Waals surface area contributed by atoms with Crippen LogP contribution in [-0.4, -0.2) is 36.4 Å². The van der Waals surface area contributed by atoms with Gasteiger partial charge in [0.25, 0.3) is 0 Å². The Bertz CT molecular complexity index is 979. The molecule has 1 atom stereocenters. The minimum absolute atomic E-state index is 0.122. The van der Waals surface area contributed by atoms with Gasteiger partial charge >= 0.3 is 11.9 Å². The van der Waals surface area contributed by atoms with E-state index in [1.54, 1.807) is 0 Å². The fraction of sp³-hybridized carbons (Fsp3) is 0.581. The molecule has 0 fully saturated rings. The van der Waals surface area contributed by atoms with E-state index in [1.165, 1.54) is 51.4 Å². The molecule has 0 unspecified atom stereocenters. The standard InChI is InChI=1S/C43H68O5/c1-3-5-7-9-11-13-15-17-19-21-23-25-27-29-31-33-35-37-42(45)47-40-41(39-44)48-43(46)38-36-34-32-30-28-26-24-22-20-18-16-14-12-10-8-6-4-2/h11-14,17-20,23-26,29-32,41,44H,3-10,15-16,21-22,27-28,33-40H2,1-2H3/b13-11-,14-12-,19-17-,20-18-,25-23-,26-24-,31-29-,32-30-/t41-/m0/s1. The molecule has 0 saturated carbocycles. The van der Waals surface area contributed by atoms with Crippen molar-refractivity contribution in [2.24, 2.45) is 0 Å². The maximum absolute atomic E-state index is 12.1. The van der Waals surface area contributed by atoms with Crippen LogP contribution in [0.5, 0.6) is 0 Å².